The molecule has 4 heteroatoms. The molecule has 20 heavy (non-hydrogen) atoms. The maximum absolute atomic E-state index is 11.1. The van der Waals surface area contributed by atoms with Crippen LogP contribution >= 0.6 is 0 Å². The molecular weight excluding hydrogens is 252 g/mol. The molecule has 0 radical (unpaired) electrons. The molecule has 0 saturated heterocycles. The summed E-state index contributed by atoms with van der Waals surface area (Å²) in [6, 6.07) is 7.52. The molecule has 1 aromatic carbocycles. The number of likely N-dealkylation sites (N-methyl/N-ethyl adjacent to an activating group) is 1. The van der Waals surface area contributed by atoms with E-state index in [9.17, 15) is 10.1 Å². The van der Waals surface area contributed by atoms with Gasteiger partial charge in [0.2, 0.25) is 0 Å². The van der Waals surface area contributed by atoms with Gasteiger partial charge in [-0.1, -0.05) is 24.6 Å². The summed E-state index contributed by atoms with van der Waals surface area (Å²) < 4.78 is 0. The Labute approximate surface area is 119 Å². The highest BCUT2D eigenvalue weighted by Crippen LogP contribution is 2.50. The van der Waals surface area contributed by atoms with E-state index >= 15 is 0 Å². The lowest BCUT2D eigenvalue weighted by Crippen LogP contribution is -2.38. The maximum atomic E-state index is 11.1. The Bertz CT molecular complexity index is 503. The van der Waals surface area contributed by atoms with Crippen LogP contribution in [0.1, 0.15) is 31.2 Å². The topological polar surface area (TPSA) is 55.2 Å². The first-order chi connectivity index (χ1) is 9.69. The lowest BCUT2D eigenvalue weighted by Gasteiger charge is -2.30. The van der Waals surface area contributed by atoms with Gasteiger partial charge >= 0.3 is 0 Å². The highest BCUT2D eigenvalue weighted by atomic mass is 16.6. The minimum atomic E-state index is -0.261. The van der Waals surface area contributed by atoms with Gasteiger partial charge in [0.05, 0.1) is 4.92 Å². The van der Waals surface area contributed by atoms with Crippen LogP contribution in [0.3, 0.4) is 0 Å². The number of hydrogen-bond donors (Lipinski definition) is 1. The number of nitro benzene ring substituents is 1. The van der Waals surface area contributed by atoms with Crippen LogP contribution < -0.4 is 5.32 Å². The van der Waals surface area contributed by atoms with Gasteiger partial charge in [0.15, 0.2) is 0 Å². The molecule has 0 amide bonds. The summed E-state index contributed by atoms with van der Waals surface area (Å²) >= 11 is 0. The Morgan fingerprint density at radius 3 is 2.75 bits per heavy atom. The first kappa shape index (κ1) is 13.6. The third-order valence-electron chi connectivity index (χ3n) is 5.31. The second-order valence-electron chi connectivity index (χ2n) is 6.32. The van der Waals surface area contributed by atoms with Crippen molar-refractivity contribution in [1.29, 1.82) is 0 Å². The van der Waals surface area contributed by atoms with Gasteiger partial charge in [0.25, 0.3) is 5.69 Å². The van der Waals surface area contributed by atoms with Gasteiger partial charge in [-0.05, 0) is 50.5 Å². The van der Waals surface area contributed by atoms with Crippen molar-refractivity contribution in [2.24, 2.45) is 17.8 Å². The molecule has 108 valence electrons. The Morgan fingerprint density at radius 1 is 1.35 bits per heavy atom. The average Bonchev–Trinajstić information content (AvgIpc) is 3.07. The summed E-state index contributed by atoms with van der Waals surface area (Å²) in [5.74, 6) is 2.44. The van der Waals surface area contributed by atoms with Crippen molar-refractivity contribution in [3.8, 4) is 0 Å². The zero-order chi connectivity index (χ0) is 14.1. The van der Waals surface area contributed by atoms with Gasteiger partial charge in [-0.25, -0.2) is 0 Å². The van der Waals surface area contributed by atoms with Gasteiger partial charge < -0.3 is 5.32 Å². The molecule has 0 aliphatic heterocycles. The normalized spacial score (nSPS) is 29.6. The number of fused-ring (bicyclic) bond motifs is 2. The largest absolute Gasteiger partial charge is 0.316 e. The number of rotatable bonds is 5. The van der Waals surface area contributed by atoms with E-state index in [-0.39, 0.29) is 10.6 Å². The van der Waals surface area contributed by atoms with Crippen LogP contribution in [0.25, 0.3) is 0 Å². The number of nitrogens with zero attached hydrogens (tertiary/aromatic N) is 1. The Morgan fingerprint density at radius 2 is 2.15 bits per heavy atom. The first-order valence-corrected chi connectivity index (χ1v) is 7.58. The number of nitrogens with one attached hydrogen (secondary N) is 1. The van der Waals surface area contributed by atoms with Crippen LogP contribution in [0.5, 0.6) is 0 Å². The van der Waals surface area contributed by atoms with E-state index < -0.39 is 0 Å². The molecular formula is C16H22N2O2. The molecule has 2 bridgehead atoms. The van der Waals surface area contributed by atoms with E-state index in [1.807, 2.05) is 19.2 Å². The lowest BCUT2D eigenvalue weighted by atomic mass is 9.81. The summed E-state index contributed by atoms with van der Waals surface area (Å²) in [4.78, 5) is 10.9. The number of nitro groups is 1. The Balaban J connectivity index is 1.77. The van der Waals surface area contributed by atoms with Crippen molar-refractivity contribution in [3.05, 3.63) is 39.9 Å². The summed E-state index contributed by atoms with van der Waals surface area (Å²) in [5.41, 5.74) is 1.12. The molecule has 0 spiro atoms. The maximum Gasteiger partial charge on any atom is 0.272 e. The molecule has 1 aromatic rings. The predicted octanol–water partition coefficient (Wildman–Crippen LogP) is 3.16. The summed E-state index contributed by atoms with van der Waals surface area (Å²) in [6.07, 6.45) is 6.19. The highest BCUT2D eigenvalue weighted by Gasteiger charge is 2.42. The van der Waals surface area contributed by atoms with Gasteiger partial charge in [0.1, 0.15) is 0 Å². The smallest absolute Gasteiger partial charge is 0.272 e. The van der Waals surface area contributed by atoms with Crippen LogP contribution in [0.15, 0.2) is 24.3 Å². The van der Waals surface area contributed by atoms with E-state index in [0.29, 0.717) is 12.0 Å². The van der Waals surface area contributed by atoms with Crippen molar-refractivity contribution in [1.82, 2.24) is 5.32 Å². The lowest BCUT2D eigenvalue weighted by molar-refractivity contribution is -0.385. The molecule has 2 aliphatic rings. The summed E-state index contributed by atoms with van der Waals surface area (Å²) in [6.45, 7) is 0. The molecule has 4 nitrogen and oxygen atoms in total. The van der Waals surface area contributed by atoms with E-state index in [4.69, 9.17) is 0 Å². The van der Waals surface area contributed by atoms with Crippen LogP contribution in [0.2, 0.25) is 0 Å². The molecule has 2 aliphatic carbocycles. The van der Waals surface area contributed by atoms with Crippen molar-refractivity contribution in [3.63, 3.8) is 0 Å². The molecule has 0 heterocycles. The van der Waals surface area contributed by atoms with Crippen LogP contribution in [-0.2, 0) is 6.42 Å². The summed E-state index contributed by atoms with van der Waals surface area (Å²) in [7, 11) is 1.99. The van der Waals surface area contributed by atoms with Crippen LogP contribution in [0.4, 0.5) is 5.69 Å². The van der Waals surface area contributed by atoms with Gasteiger partial charge in [-0.2, -0.15) is 0 Å². The third kappa shape index (κ3) is 2.44. The molecule has 4 atom stereocenters. The van der Waals surface area contributed by atoms with Crippen LogP contribution in [-0.4, -0.2) is 18.0 Å². The van der Waals surface area contributed by atoms with Crippen LogP contribution in [0, 0.1) is 27.9 Å². The van der Waals surface area contributed by atoms with Crippen molar-refractivity contribution >= 4 is 5.69 Å². The van der Waals surface area contributed by atoms with E-state index in [1.54, 1.807) is 12.1 Å². The molecule has 2 fully saturated rings. The van der Waals surface area contributed by atoms with E-state index in [1.165, 1.54) is 25.7 Å². The fraction of sp³-hybridized carbons (Fsp3) is 0.625. The minimum absolute atomic E-state index is 0.260. The fourth-order valence-electron chi connectivity index (χ4n) is 4.35. The fourth-order valence-corrected chi connectivity index (χ4v) is 4.35. The zero-order valence-electron chi connectivity index (χ0n) is 11.9. The predicted molar refractivity (Wildman–Crippen MR) is 78.6 cm³/mol. The molecule has 4 unspecified atom stereocenters. The van der Waals surface area contributed by atoms with Crippen molar-refractivity contribution in [2.45, 2.75) is 38.1 Å². The van der Waals surface area contributed by atoms with Gasteiger partial charge in [-0.15, -0.1) is 0 Å². The Kier molecular flexibility index (Phi) is 3.74. The third-order valence-corrected chi connectivity index (χ3v) is 5.31. The minimum Gasteiger partial charge on any atom is -0.316 e. The molecule has 0 aromatic heterocycles. The second kappa shape index (κ2) is 5.52. The summed E-state index contributed by atoms with van der Waals surface area (Å²) in [5, 5.41) is 14.5. The number of benzene rings is 1. The number of hydrogen-bond acceptors (Lipinski definition) is 3. The van der Waals surface area contributed by atoms with Gasteiger partial charge in [0, 0.05) is 17.7 Å². The highest BCUT2D eigenvalue weighted by molar-refractivity contribution is 5.40. The van der Waals surface area contributed by atoms with Crippen molar-refractivity contribution < 1.29 is 4.92 Å². The SMILES string of the molecule is CNC(Cc1ccccc1[N+](=O)[O-])C1CC2CCC1C2. The second-order valence-corrected chi connectivity index (χ2v) is 6.32. The quantitative estimate of drug-likeness (QED) is 0.663. The zero-order valence-corrected chi connectivity index (χ0v) is 11.9. The van der Waals surface area contributed by atoms with E-state index in [2.05, 4.69) is 5.32 Å². The van der Waals surface area contributed by atoms with E-state index in [0.717, 1.165) is 23.8 Å². The standard InChI is InChI=1S/C16H22N2O2/c1-17-15(14-9-11-6-7-12(14)8-11)10-13-4-2-3-5-16(13)18(19)20/h2-5,11-12,14-15,17H,6-10H2,1H3. The molecule has 3 rings (SSSR count). The first-order valence-electron chi connectivity index (χ1n) is 7.58. The Hall–Kier alpha value is -1.42. The number of para-hydroxylation sites is 1. The van der Waals surface area contributed by atoms with Crippen molar-refractivity contribution in [2.75, 3.05) is 7.05 Å². The molecule has 1 N–H and O–H groups in total. The monoisotopic (exact) mass is 274 g/mol. The molecule has 2 saturated carbocycles. The van der Waals surface area contributed by atoms with Gasteiger partial charge in [-0.3, -0.25) is 10.1 Å². The average molecular weight is 274 g/mol.